The van der Waals surface area contributed by atoms with Crippen LogP contribution in [0.2, 0.25) is 0 Å². The van der Waals surface area contributed by atoms with Crippen molar-refractivity contribution in [3.8, 4) is 17.2 Å². The average Bonchev–Trinajstić information content (AvgIpc) is 2.30. The summed E-state index contributed by atoms with van der Waals surface area (Å²) in [6, 6.07) is 8.43. The molecule has 0 heterocycles. The molecule has 2 aromatic rings. The fourth-order valence-electron chi connectivity index (χ4n) is 1.95. The highest BCUT2D eigenvalue weighted by molar-refractivity contribution is 5.48. The van der Waals surface area contributed by atoms with Crippen molar-refractivity contribution in [3.05, 3.63) is 52.6 Å². The van der Waals surface area contributed by atoms with E-state index < -0.39 is 0 Å². The van der Waals surface area contributed by atoms with E-state index in [-0.39, 0.29) is 17.2 Å². The lowest BCUT2D eigenvalue weighted by molar-refractivity contribution is 0.443. The van der Waals surface area contributed by atoms with Crippen LogP contribution in [-0.4, -0.2) is 15.3 Å². The molecule has 0 bridgehead atoms. The Morgan fingerprint density at radius 1 is 0.778 bits per heavy atom. The molecule has 3 nitrogen and oxygen atoms in total. The fourth-order valence-corrected chi connectivity index (χ4v) is 1.95. The second-order valence-corrected chi connectivity index (χ2v) is 4.58. The minimum absolute atomic E-state index is 0.0407. The highest BCUT2D eigenvalue weighted by Gasteiger charge is 2.09. The van der Waals surface area contributed by atoms with Gasteiger partial charge in [-0.15, -0.1) is 0 Å². The van der Waals surface area contributed by atoms with Crippen molar-refractivity contribution in [1.29, 1.82) is 0 Å². The number of phenolic OH excluding ortho intramolecular Hbond substituents is 3. The van der Waals surface area contributed by atoms with Crippen LogP contribution in [0.25, 0.3) is 0 Å². The second-order valence-electron chi connectivity index (χ2n) is 4.58. The van der Waals surface area contributed by atoms with Crippen molar-refractivity contribution in [1.82, 2.24) is 0 Å². The summed E-state index contributed by atoms with van der Waals surface area (Å²) in [7, 11) is 0. The molecule has 0 saturated carbocycles. The Morgan fingerprint density at radius 3 is 2.17 bits per heavy atom. The predicted molar refractivity (Wildman–Crippen MR) is 70.2 cm³/mol. The summed E-state index contributed by atoms with van der Waals surface area (Å²) in [5.74, 6) is 0.328. The lowest BCUT2D eigenvalue weighted by Gasteiger charge is -2.10. The van der Waals surface area contributed by atoms with Crippen molar-refractivity contribution >= 4 is 0 Å². The lowest BCUT2D eigenvalue weighted by atomic mass is 9.99. The van der Waals surface area contributed by atoms with Gasteiger partial charge >= 0.3 is 0 Å². The van der Waals surface area contributed by atoms with Gasteiger partial charge in [0.25, 0.3) is 0 Å². The van der Waals surface area contributed by atoms with Gasteiger partial charge in [0.15, 0.2) is 0 Å². The molecule has 0 unspecified atom stereocenters. The van der Waals surface area contributed by atoms with E-state index in [1.165, 1.54) is 6.07 Å². The highest BCUT2D eigenvalue weighted by atomic mass is 16.3. The van der Waals surface area contributed by atoms with Crippen molar-refractivity contribution in [2.45, 2.75) is 20.3 Å². The summed E-state index contributed by atoms with van der Waals surface area (Å²) >= 11 is 0. The number of aromatic hydroxyl groups is 3. The first kappa shape index (κ1) is 12.3. The lowest BCUT2D eigenvalue weighted by Crippen LogP contribution is -1.92. The van der Waals surface area contributed by atoms with Gasteiger partial charge in [-0.2, -0.15) is 0 Å². The maximum absolute atomic E-state index is 9.80. The molecule has 2 rings (SSSR count). The highest BCUT2D eigenvalue weighted by Crippen LogP contribution is 2.30. The standard InChI is InChI=1S/C15H16O3/c1-9-3-4-13(16)11(5-9)7-12-6-10(2)14(17)8-15(12)18/h3-6,8,16-18H,7H2,1-2H3. The first-order valence-electron chi connectivity index (χ1n) is 5.77. The van der Waals surface area contributed by atoms with Crippen molar-refractivity contribution in [2.75, 3.05) is 0 Å². The Labute approximate surface area is 106 Å². The Kier molecular flexibility index (Phi) is 3.15. The van der Waals surface area contributed by atoms with Crippen LogP contribution in [-0.2, 0) is 6.42 Å². The van der Waals surface area contributed by atoms with E-state index in [0.717, 1.165) is 11.1 Å². The summed E-state index contributed by atoms with van der Waals surface area (Å²) in [6.45, 7) is 3.72. The number of benzene rings is 2. The Balaban J connectivity index is 2.40. The number of hydrogen-bond acceptors (Lipinski definition) is 3. The summed E-state index contributed by atoms with van der Waals surface area (Å²) < 4.78 is 0. The summed E-state index contributed by atoms with van der Waals surface area (Å²) in [5, 5.41) is 29.1. The van der Waals surface area contributed by atoms with E-state index in [1.54, 1.807) is 19.1 Å². The van der Waals surface area contributed by atoms with Crippen LogP contribution < -0.4 is 0 Å². The van der Waals surface area contributed by atoms with Crippen LogP contribution in [0, 0.1) is 13.8 Å². The molecule has 94 valence electrons. The molecule has 0 aliphatic heterocycles. The number of aryl methyl sites for hydroxylation is 2. The van der Waals surface area contributed by atoms with E-state index in [4.69, 9.17) is 0 Å². The Hall–Kier alpha value is -2.16. The average molecular weight is 244 g/mol. The van der Waals surface area contributed by atoms with Crippen LogP contribution in [0.5, 0.6) is 17.2 Å². The van der Waals surface area contributed by atoms with Gasteiger partial charge in [-0.25, -0.2) is 0 Å². The molecule has 3 N–H and O–H groups in total. The maximum atomic E-state index is 9.80. The van der Waals surface area contributed by atoms with E-state index in [9.17, 15) is 15.3 Å². The summed E-state index contributed by atoms with van der Waals surface area (Å²) in [5.41, 5.74) is 3.20. The molecule has 3 heteroatoms. The topological polar surface area (TPSA) is 60.7 Å². The van der Waals surface area contributed by atoms with Crippen molar-refractivity contribution < 1.29 is 15.3 Å². The smallest absolute Gasteiger partial charge is 0.122 e. The molecule has 0 spiro atoms. The number of phenols is 3. The van der Waals surface area contributed by atoms with Crippen LogP contribution >= 0.6 is 0 Å². The molecule has 0 amide bonds. The minimum Gasteiger partial charge on any atom is -0.508 e. The summed E-state index contributed by atoms with van der Waals surface area (Å²) in [6.07, 6.45) is 0.431. The van der Waals surface area contributed by atoms with Crippen LogP contribution in [0.1, 0.15) is 22.3 Å². The van der Waals surface area contributed by atoms with Crippen molar-refractivity contribution in [2.24, 2.45) is 0 Å². The van der Waals surface area contributed by atoms with Crippen molar-refractivity contribution in [3.63, 3.8) is 0 Å². The van der Waals surface area contributed by atoms with E-state index in [2.05, 4.69) is 0 Å². The third kappa shape index (κ3) is 2.40. The first-order valence-corrected chi connectivity index (χ1v) is 5.77. The van der Waals surface area contributed by atoms with E-state index >= 15 is 0 Å². The second kappa shape index (κ2) is 4.61. The number of hydrogen-bond donors (Lipinski definition) is 3. The summed E-state index contributed by atoms with van der Waals surface area (Å²) in [4.78, 5) is 0. The third-order valence-electron chi connectivity index (χ3n) is 3.01. The minimum atomic E-state index is 0.0407. The van der Waals surface area contributed by atoms with Gasteiger partial charge in [0.1, 0.15) is 17.2 Å². The largest absolute Gasteiger partial charge is 0.508 e. The SMILES string of the molecule is Cc1ccc(O)c(Cc2cc(C)c(O)cc2O)c1. The molecule has 0 aliphatic carbocycles. The van der Waals surface area contributed by atoms with Gasteiger partial charge in [-0.1, -0.05) is 17.7 Å². The molecule has 0 aliphatic rings. The maximum Gasteiger partial charge on any atom is 0.122 e. The third-order valence-corrected chi connectivity index (χ3v) is 3.01. The van der Waals surface area contributed by atoms with Gasteiger partial charge < -0.3 is 15.3 Å². The zero-order chi connectivity index (χ0) is 13.3. The van der Waals surface area contributed by atoms with E-state index in [1.807, 2.05) is 19.1 Å². The van der Waals surface area contributed by atoms with Gasteiger partial charge in [-0.3, -0.25) is 0 Å². The normalized spacial score (nSPS) is 10.6. The van der Waals surface area contributed by atoms with Gasteiger partial charge in [0, 0.05) is 12.5 Å². The molecule has 18 heavy (non-hydrogen) atoms. The zero-order valence-electron chi connectivity index (χ0n) is 10.4. The number of rotatable bonds is 2. The molecule has 0 aromatic heterocycles. The molecule has 0 atom stereocenters. The molecule has 0 radical (unpaired) electrons. The van der Waals surface area contributed by atoms with Gasteiger partial charge in [0.05, 0.1) is 0 Å². The molecular weight excluding hydrogens is 228 g/mol. The van der Waals surface area contributed by atoms with Crippen LogP contribution in [0.3, 0.4) is 0 Å². The fraction of sp³-hybridized carbons (Fsp3) is 0.200. The molecule has 0 fully saturated rings. The Bertz CT molecular complexity index is 589. The Morgan fingerprint density at radius 2 is 1.44 bits per heavy atom. The predicted octanol–water partition coefficient (Wildman–Crippen LogP) is 3.01. The monoisotopic (exact) mass is 244 g/mol. The quantitative estimate of drug-likeness (QED) is 0.761. The van der Waals surface area contributed by atoms with Gasteiger partial charge in [-0.05, 0) is 42.7 Å². The van der Waals surface area contributed by atoms with Gasteiger partial charge in [0.2, 0.25) is 0 Å². The van der Waals surface area contributed by atoms with Crippen LogP contribution in [0.4, 0.5) is 0 Å². The molecule has 0 saturated heterocycles. The molecule has 2 aromatic carbocycles. The zero-order valence-corrected chi connectivity index (χ0v) is 10.4. The van der Waals surface area contributed by atoms with E-state index in [0.29, 0.717) is 17.5 Å². The molecular formula is C15H16O3. The first-order chi connectivity index (χ1) is 8.47. The van der Waals surface area contributed by atoms with Crippen LogP contribution in [0.15, 0.2) is 30.3 Å².